The average molecular weight is 304 g/mol. The van der Waals surface area contributed by atoms with Crippen LogP contribution in [0.5, 0.6) is 0 Å². The number of hydrogen-bond acceptors (Lipinski definition) is 4. The fourth-order valence-electron chi connectivity index (χ4n) is 2.03. The van der Waals surface area contributed by atoms with E-state index in [0.717, 1.165) is 23.1 Å². The van der Waals surface area contributed by atoms with Gasteiger partial charge in [-0.2, -0.15) is 0 Å². The highest BCUT2D eigenvalue weighted by Crippen LogP contribution is 2.27. The van der Waals surface area contributed by atoms with Gasteiger partial charge in [0.1, 0.15) is 0 Å². The van der Waals surface area contributed by atoms with Crippen LogP contribution < -0.4 is 0 Å². The number of amides is 1. The Hall–Kier alpha value is -1.82. The van der Waals surface area contributed by atoms with Crippen molar-refractivity contribution in [1.82, 2.24) is 19.7 Å². The molecule has 5 nitrogen and oxygen atoms in total. The van der Waals surface area contributed by atoms with Crippen molar-refractivity contribution in [1.29, 1.82) is 0 Å². The van der Waals surface area contributed by atoms with Crippen molar-refractivity contribution in [3.05, 3.63) is 30.3 Å². The highest BCUT2D eigenvalue weighted by atomic mass is 32.2. The SMILES string of the molecule is CCn1c(S[C@@H](C)C(=O)N(C)C)nnc1-c1ccccc1. The Balaban J connectivity index is 2.26. The van der Waals surface area contributed by atoms with Crippen LogP contribution in [0.15, 0.2) is 35.5 Å². The normalized spacial score (nSPS) is 12.2. The average Bonchev–Trinajstić information content (AvgIpc) is 2.89. The van der Waals surface area contributed by atoms with Crippen LogP contribution in [0.1, 0.15) is 13.8 Å². The molecule has 1 aromatic carbocycles. The van der Waals surface area contributed by atoms with Crippen molar-refractivity contribution in [3.8, 4) is 11.4 Å². The molecule has 0 bridgehead atoms. The van der Waals surface area contributed by atoms with Gasteiger partial charge in [0, 0.05) is 26.2 Å². The third-order valence-electron chi connectivity index (χ3n) is 3.14. The molecule has 0 radical (unpaired) electrons. The summed E-state index contributed by atoms with van der Waals surface area (Å²) in [5, 5.41) is 9.13. The molecule has 0 saturated heterocycles. The van der Waals surface area contributed by atoms with Gasteiger partial charge in [-0.1, -0.05) is 42.1 Å². The molecule has 0 fully saturated rings. The van der Waals surface area contributed by atoms with Gasteiger partial charge in [0.25, 0.3) is 0 Å². The predicted molar refractivity (Wildman–Crippen MR) is 85.1 cm³/mol. The van der Waals surface area contributed by atoms with Crippen LogP contribution in [0, 0.1) is 0 Å². The number of hydrogen-bond donors (Lipinski definition) is 0. The quantitative estimate of drug-likeness (QED) is 0.797. The second-order valence-corrected chi connectivity index (χ2v) is 6.22. The van der Waals surface area contributed by atoms with Gasteiger partial charge in [-0.15, -0.1) is 10.2 Å². The van der Waals surface area contributed by atoms with Gasteiger partial charge in [-0.25, -0.2) is 0 Å². The van der Waals surface area contributed by atoms with Crippen molar-refractivity contribution >= 4 is 17.7 Å². The summed E-state index contributed by atoms with van der Waals surface area (Å²) in [5.74, 6) is 0.914. The molecule has 0 aliphatic heterocycles. The second kappa shape index (κ2) is 6.76. The van der Waals surface area contributed by atoms with Gasteiger partial charge in [-0.05, 0) is 13.8 Å². The Morgan fingerprint density at radius 1 is 1.29 bits per heavy atom. The first-order valence-corrected chi connectivity index (χ1v) is 7.79. The van der Waals surface area contributed by atoms with Crippen LogP contribution in [-0.2, 0) is 11.3 Å². The van der Waals surface area contributed by atoms with E-state index in [2.05, 4.69) is 17.1 Å². The number of carbonyl (C=O) groups is 1. The molecule has 0 N–H and O–H groups in total. The smallest absolute Gasteiger partial charge is 0.235 e. The molecule has 6 heteroatoms. The number of thioether (sulfide) groups is 1. The lowest BCUT2D eigenvalue weighted by Crippen LogP contribution is -2.29. The zero-order valence-corrected chi connectivity index (χ0v) is 13.6. The third kappa shape index (κ3) is 3.44. The molecule has 112 valence electrons. The molecule has 0 aliphatic carbocycles. The van der Waals surface area contributed by atoms with E-state index >= 15 is 0 Å². The fourth-order valence-corrected chi connectivity index (χ4v) is 3.09. The summed E-state index contributed by atoms with van der Waals surface area (Å²) < 4.78 is 2.04. The summed E-state index contributed by atoms with van der Waals surface area (Å²) in [4.78, 5) is 13.6. The molecular formula is C15H20N4OS. The summed E-state index contributed by atoms with van der Waals surface area (Å²) in [6.45, 7) is 4.71. The summed E-state index contributed by atoms with van der Waals surface area (Å²) in [6.07, 6.45) is 0. The van der Waals surface area contributed by atoms with Gasteiger partial charge in [0.05, 0.1) is 5.25 Å². The lowest BCUT2D eigenvalue weighted by atomic mass is 10.2. The topological polar surface area (TPSA) is 51.0 Å². The molecule has 0 aliphatic rings. The summed E-state index contributed by atoms with van der Waals surface area (Å²) in [6, 6.07) is 9.96. The predicted octanol–water partition coefficient (Wildman–Crippen LogP) is 2.53. The van der Waals surface area contributed by atoms with Crippen molar-refractivity contribution in [2.75, 3.05) is 14.1 Å². The maximum Gasteiger partial charge on any atom is 0.235 e. The number of benzene rings is 1. The van der Waals surface area contributed by atoms with E-state index in [1.54, 1.807) is 19.0 Å². The minimum Gasteiger partial charge on any atom is -0.348 e. The summed E-state index contributed by atoms with van der Waals surface area (Å²) >= 11 is 1.44. The van der Waals surface area contributed by atoms with Gasteiger partial charge >= 0.3 is 0 Å². The van der Waals surface area contributed by atoms with Gasteiger partial charge < -0.3 is 9.47 Å². The van der Waals surface area contributed by atoms with Crippen molar-refractivity contribution in [2.45, 2.75) is 30.8 Å². The molecular weight excluding hydrogens is 284 g/mol. The summed E-state index contributed by atoms with van der Waals surface area (Å²) in [7, 11) is 3.53. The van der Waals surface area contributed by atoms with Gasteiger partial charge in [0.2, 0.25) is 5.91 Å². The van der Waals surface area contributed by atoms with Crippen molar-refractivity contribution < 1.29 is 4.79 Å². The maximum absolute atomic E-state index is 12.0. The molecule has 2 aromatic rings. The Morgan fingerprint density at radius 2 is 1.95 bits per heavy atom. The lowest BCUT2D eigenvalue weighted by Gasteiger charge is -2.16. The van der Waals surface area contributed by atoms with E-state index in [0.29, 0.717) is 0 Å². The molecule has 21 heavy (non-hydrogen) atoms. The minimum atomic E-state index is -0.182. The van der Waals surface area contributed by atoms with E-state index in [1.165, 1.54) is 11.8 Å². The molecule has 1 aromatic heterocycles. The molecule has 0 unspecified atom stereocenters. The van der Waals surface area contributed by atoms with E-state index in [-0.39, 0.29) is 11.2 Å². The van der Waals surface area contributed by atoms with Crippen molar-refractivity contribution in [2.24, 2.45) is 0 Å². The van der Waals surface area contributed by atoms with Crippen LogP contribution >= 0.6 is 11.8 Å². The fraction of sp³-hybridized carbons (Fsp3) is 0.400. The maximum atomic E-state index is 12.0. The van der Waals surface area contributed by atoms with E-state index in [9.17, 15) is 4.79 Å². The molecule has 1 atom stereocenters. The molecule has 0 saturated carbocycles. The van der Waals surface area contributed by atoms with Crippen molar-refractivity contribution in [3.63, 3.8) is 0 Å². The summed E-state index contributed by atoms with van der Waals surface area (Å²) in [5.41, 5.74) is 1.03. The Morgan fingerprint density at radius 3 is 2.52 bits per heavy atom. The van der Waals surface area contributed by atoms with E-state index in [1.807, 2.05) is 41.8 Å². The number of rotatable bonds is 5. The molecule has 1 heterocycles. The Bertz CT molecular complexity index is 609. The van der Waals surface area contributed by atoms with E-state index < -0.39 is 0 Å². The van der Waals surface area contributed by atoms with Gasteiger partial charge in [-0.3, -0.25) is 4.79 Å². The molecule has 2 rings (SSSR count). The zero-order chi connectivity index (χ0) is 15.4. The first kappa shape index (κ1) is 15.6. The molecule has 0 spiro atoms. The number of aromatic nitrogens is 3. The Labute approximate surface area is 129 Å². The van der Waals surface area contributed by atoms with Crippen LogP contribution in [0.25, 0.3) is 11.4 Å². The van der Waals surface area contributed by atoms with Gasteiger partial charge in [0.15, 0.2) is 11.0 Å². The minimum absolute atomic E-state index is 0.0758. The van der Waals surface area contributed by atoms with Crippen LogP contribution in [0.3, 0.4) is 0 Å². The van der Waals surface area contributed by atoms with Crippen LogP contribution in [-0.4, -0.2) is 44.9 Å². The van der Waals surface area contributed by atoms with E-state index in [4.69, 9.17) is 0 Å². The first-order chi connectivity index (χ1) is 10.0. The zero-order valence-electron chi connectivity index (χ0n) is 12.8. The molecule has 1 amide bonds. The standard InChI is InChI=1S/C15H20N4OS/c1-5-19-13(12-9-7-6-8-10-12)16-17-15(19)21-11(2)14(20)18(3)4/h6-11H,5H2,1-4H3/t11-/m0/s1. The lowest BCUT2D eigenvalue weighted by molar-refractivity contribution is -0.127. The second-order valence-electron chi connectivity index (χ2n) is 4.91. The first-order valence-electron chi connectivity index (χ1n) is 6.91. The monoisotopic (exact) mass is 304 g/mol. The number of carbonyl (C=O) groups excluding carboxylic acids is 1. The highest BCUT2D eigenvalue weighted by Gasteiger charge is 2.21. The van der Waals surface area contributed by atoms with Crippen LogP contribution in [0.4, 0.5) is 0 Å². The number of nitrogens with zero attached hydrogens (tertiary/aromatic N) is 4. The van der Waals surface area contributed by atoms with Crippen LogP contribution in [0.2, 0.25) is 0 Å². The largest absolute Gasteiger partial charge is 0.348 e. The highest BCUT2D eigenvalue weighted by molar-refractivity contribution is 8.00. The Kier molecular flexibility index (Phi) is 5.01. The third-order valence-corrected chi connectivity index (χ3v) is 4.20.